The van der Waals surface area contributed by atoms with Crippen molar-refractivity contribution in [2.24, 2.45) is 13.0 Å². The second-order valence-electron chi connectivity index (χ2n) is 5.10. The molecule has 3 rings (SSSR count). The number of aromatic nitrogens is 4. The molecule has 1 fully saturated rings. The van der Waals surface area contributed by atoms with Gasteiger partial charge >= 0.3 is 0 Å². The van der Waals surface area contributed by atoms with Gasteiger partial charge in [0.1, 0.15) is 11.6 Å². The lowest BCUT2D eigenvalue weighted by Crippen LogP contribution is -2.22. The molecule has 1 unspecified atom stereocenters. The Balaban J connectivity index is 1.83. The van der Waals surface area contributed by atoms with E-state index in [1.54, 1.807) is 10.9 Å². The summed E-state index contributed by atoms with van der Waals surface area (Å²) in [6, 6.07) is 0. The van der Waals surface area contributed by atoms with E-state index in [1.807, 2.05) is 7.05 Å². The average molecular weight is 262 g/mol. The highest BCUT2D eigenvalue weighted by Gasteiger charge is 2.22. The number of anilines is 1. The minimum Gasteiger partial charge on any atom is -0.396 e. The maximum atomic E-state index is 9.15. The Morgan fingerprint density at radius 2 is 2.32 bits per heavy atom. The maximum Gasteiger partial charge on any atom is 0.163 e. The van der Waals surface area contributed by atoms with Gasteiger partial charge in [-0.15, -0.1) is 0 Å². The molecule has 1 atom stereocenters. The standard InChI is InChI=1S/C12H18N6O/c1-17-12-9(4-14-17)11(13)15-10(16-12)6-18-3-2-8(5-18)7-19/h4,8,19H,2-3,5-7H2,1H3,(H2,13,15,16). The number of rotatable bonds is 3. The Bertz CT molecular complexity index is 595. The zero-order valence-corrected chi connectivity index (χ0v) is 11.0. The number of nitrogen functional groups attached to an aromatic ring is 1. The van der Waals surface area contributed by atoms with Gasteiger partial charge in [0.2, 0.25) is 0 Å². The zero-order chi connectivity index (χ0) is 13.4. The van der Waals surface area contributed by atoms with Gasteiger partial charge in [0, 0.05) is 20.2 Å². The normalized spacial score (nSPS) is 20.4. The summed E-state index contributed by atoms with van der Waals surface area (Å²) >= 11 is 0. The highest BCUT2D eigenvalue weighted by atomic mass is 16.3. The molecule has 0 spiro atoms. The summed E-state index contributed by atoms with van der Waals surface area (Å²) in [6.45, 7) is 2.78. The van der Waals surface area contributed by atoms with E-state index in [0.717, 1.165) is 30.5 Å². The molecule has 7 heteroatoms. The molecule has 2 aromatic heterocycles. The minimum atomic E-state index is 0.250. The minimum absolute atomic E-state index is 0.250. The van der Waals surface area contributed by atoms with Crippen LogP contribution in [0.5, 0.6) is 0 Å². The number of fused-ring (bicyclic) bond motifs is 1. The SMILES string of the molecule is Cn1ncc2c(N)nc(CN3CCC(CO)C3)nc21. The topological polar surface area (TPSA) is 93.1 Å². The summed E-state index contributed by atoms with van der Waals surface area (Å²) in [7, 11) is 1.84. The van der Waals surface area contributed by atoms with Gasteiger partial charge in [-0.2, -0.15) is 5.10 Å². The van der Waals surface area contributed by atoms with Crippen LogP contribution in [-0.2, 0) is 13.6 Å². The molecule has 0 aromatic carbocycles. The van der Waals surface area contributed by atoms with Gasteiger partial charge in [-0.1, -0.05) is 0 Å². The molecule has 0 bridgehead atoms. The molecule has 1 aliphatic heterocycles. The number of likely N-dealkylation sites (tertiary alicyclic amines) is 1. The van der Waals surface area contributed by atoms with Crippen molar-refractivity contribution >= 4 is 16.9 Å². The van der Waals surface area contributed by atoms with Gasteiger partial charge in [0.25, 0.3) is 0 Å². The lowest BCUT2D eigenvalue weighted by Gasteiger charge is -2.14. The van der Waals surface area contributed by atoms with E-state index in [2.05, 4.69) is 20.0 Å². The molecule has 3 heterocycles. The number of hydrogen-bond acceptors (Lipinski definition) is 6. The molecule has 1 saturated heterocycles. The van der Waals surface area contributed by atoms with Crippen molar-refractivity contribution < 1.29 is 5.11 Å². The molecule has 2 aromatic rings. The van der Waals surface area contributed by atoms with Gasteiger partial charge in [-0.3, -0.25) is 9.58 Å². The summed E-state index contributed by atoms with van der Waals surface area (Å²) in [5.74, 6) is 1.57. The van der Waals surface area contributed by atoms with Crippen molar-refractivity contribution in [2.75, 3.05) is 25.4 Å². The third-order valence-electron chi connectivity index (χ3n) is 3.66. The Morgan fingerprint density at radius 3 is 3.05 bits per heavy atom. The lowest BCUT2D eigenvalue weighted by molar-refractivity contribution is 0.219. The molecular formula is C12H18N6O. The van der Waals surface area contributed by atoms with Gasteiger partial charge in [0.05, 0.1) is 18.1 Å². The van der Waals surface area contributed by atoms with Crippen LogP contribution in [0.15, 0.2) is 6.20 Å². The number of hydrogen-bond donors (Lipinski definition) is 2. The van der Waals surface area contributed by atoms with Crippen LogP contribution in [0.25, 0.3) is 11.0 Å². The van der Waals surface area contributed by atoms with E-state index < -0.39 is 0 Å². The smallest absolute Gasteiger partial charge is 0.163 e. The summed E-state index contributed by atoms with van der Waals surface area (Å²) in [6.07, 6.45) is 2.71. The maximum absolute atomic E-state index is 9.15. The number of aryl methyl sites for hydroxylation is 1. The van der Waals surface area contributed by atoms with Crippen molar-refractivity contribution in [3.8, 4) is 0 Å². The number of aliphatic hydroxyl groups is 1. The number of nitrogens with zero attached hydrogens (tertiary/aromatic N) is 5. The third-order valence-corrected chi connectivity index (χ3v) is 3.66. The van der Waals surface area contributed by atoms with Gasteiger partial charge < -0.3 is 10.8 Å². The second-order valence-corrected chi connectivity index (χ2v) is 5.10. The Hall–Kier alpha value is -1.73. The molecule has 0 amide bonds. The summed E-state index contributed by atoms with van der Waals surface area (Å²) in [4.78, 5) is 11.1. The zero-order valence-electron chi connectivity index (χ0n) is 11.0. The fourth-order valence-corrected chi connectivity index (χ4v) is 2.57. The van der Waals surface area contributed by atoms with Gasteiger partial charge in [-0.05, 0) is 18.9 Å². The van der Waals surface area contributed by atoms with Crippen LogP contribution in [0.2, 0.25) is 0 Å². The largest absolute Gasteiger partial charge is 0.396 e. The predicted octanol–water partition coefficient (Wildman–Crippen LogP) is -0.240. The Labute approximate surface area is 111 Å². The first-order chi connectivity index (χ1) is 9.17. The molecule has 0 radical (unpaired) electrons. The Morgan fingerprint density at radius 1 is 1.47 bits per heavy atom. The van der Waals surface area contributed by atoms with Crippen molar-refractivity contribution in [3.63, 3.8) is 0 Å². The van der Waals surface area contributed by atoms with E-state index in [-0.39, 0.29) is 6.61 Å². The average Bonchev–Trinajstić information content (AvgIpc) is 2.98. The quantitative estimate of drug-likeness (QED) is 0.793. The van der Waals surface area contributed by atoms with Crippen LogP contribution in [-0.4, -0.2) is 49.5 Å². The van der Waals surface area contributed by atoms with E-state index in [1.165, 1.54) is 0 Å². The van der Waals surface area contributed by atoms with Crippen LogP contribution >= 0.6 is 0 Å². The molecule has 19 heavy (non-hydrogen) atoms. The number of nitrogens with two attached hydrogens (primary N) is 1. The first-order valence-corrected chi connectivity index (χ1v) is 6.44. The van der Waals surface area contributed by atoms with E-state index in [0.29, 0.717) is 24.1 Å². The van der Waals surface area contributed by atoms with Gasteiger partial charge in [-0.25, -0.2) is 9.97 Å². The molecule has 0 aliphatic carbocycles. The molecule has 102 valence electrons. The van der Waals surface area contributed by atoms with Crippen LogP contribution in [0.3, 0.4) is 0 Å². The third kappa shape index (κ3) is 2.26. The monoisotopic (exact) mass is 262 g/mol. The Kier molecular flexibility index (Phi) is 3.08. The van der Waals surface area contributed by atoms with Crippen LogP contribution in [0.4, 0.5) is 5.82 Å². The van der Waals surface area contributed by atoms with Crippen LogP contribution in [0.1, 0.15) is 12.2 Å². The van der Waals surface area contributed by atoms with Crippen molar-refractivity contribution in [1.29, 1.82) is 0 Å². The summed E-state index contributed by atoms with van der Waals surface area (Å²) in [5.41, 5.74) is 6.70. The number of aliphatic hydroxyl groups excluding tert-OH is 1. The molecule has 3 N–H and O–H groups in total. The lowest BCUT2D eigenvalue weighted by atomic mass is 10.1. The first-order valence-electron chi connectivity index (χ1n) is 6.44. The molecule has 7 nitrogen and oxygen atoms in total. The van der Waals surface area contributed by atoms with Crippen molar-refractivity contribution in [2.45, 2.75) is 13.0 Å². The summed E-state index contributed by atoms with van der Waals surface area (Å²) in [5, 5.41) is 14.1. The van der Waals surface area contributed by atoms with Crippen molar-refractivity contribution in [1.82, 2.24) is 24.6 Å². The fraction of sp³-hybridized carbons (Fsp3) is 0.583. The predicted molar refractivity (Wildman–Crippen MR) is 71.2 cm³/mol. The van der Waals surface area contributed by atoms with E-state index in [4.69, 9.17) is 10.8 Å². The molecule has 0 saturated carbocycles. The molecular weight excluding hydrogens is 244 g/mol. The summed E-state index contributed by atoms with van der Waals surface area (Å²) < 4.78 is 1.71. The highest BCUT2D eigenvalue weighted by molar-refractivity contribution is 5.84. The second kappa shape index (κ2) is 4.75. The first kappa shape index (κ1) is 12.3. The fourth-order valence-electron chi connectivity index (χ4n) is 2.57. The van der Waals surface area contributed by atoms with E-state index in [9.17, 15) is 0 Å². The van der Waals surface area contributed by atoms with Crippen LogP contribution < -0.4 is 5.73 Å². The van der Waals surface area contributed by atoms with Gasteiger partial charge in [0.15, 0.2) is 5.65 Å². The van der Waals surface area contributed by atoms with E-state index >= 15 is 0 Å². The van der Waals surface area contributed by atoms with Crippen LogP contribution in [0, 0.1) is 5.92 Å². The van der Waals surface area contributed by atoms with Crippen molar-refractivity contribution in [3.05, 3.63) is 12.0 Å². The highest BCUT2D eigenvalue weighted by Crippen LogP contribution is 2.20. The molecule has 1 aliphatic rings.